The van der Waals surface area contributed by atoms with Crippen molar-refractivity contribution < 1.29 is 9.72 Å². The van der Waals surface area contributed by atoms with Crippen LogP contribution in [-0.4, -0.2) is 15.8 Å². The maximum atomic E-state index is 10.6. The van der Waals surface area contributed by atoms with E-state index >= 15 is 0 Å². The van der Waals surface area contributed by atoms with Crippen molar-refractivity contribution in [1.82, 2.24) is 4.98 Å². The van der Waals surface area contributed by atoms with Crippen molar-refractivity contribution in [3.8, 4) is 0 Å². The molecule has 1 aromatic rings. The number of primary amides is 1. The van der Waals surface area contributed by atoms with Crippen LogP contribution in [0.25, 0.3) is 0 Å². The summed E-state index contributed by atoms with van der Waals surface area (Å²) in [6, 6.07) is 2.67. The summed E-state index contributed by atoms with van der Waals surface area (Å²) < 4.78 is 0. The van der Waals surface area contributed by atoms with Gasteiger partial charge in [0.1, 0.15) is 11.8 Å². The highest BCUT2D eigenvalue weighted by Crippen LogP contribution is 2.12. The molecule has 0 aliphatic heterocycles. The van der Waals surface area contributed by atoms with Gasteiger partial charge in [-0.15, -0.1) is 0 Å². The van der Waals surface area contributed by atoms with E-state index in [4.69, 9.17) is 5.73 Å². The van der Waals surface area contributed by atoms with Crippen LogP contribution in [0.3, 0.4) is 0 Å². The summed E-state index contributed by atoms with van der Waals surface area (Å²) in [6.07, 6.45) is 1.23. The molecule has 0 aliphatic carbocycles. The number of hydrogen-bond donors (Lipinski definition) is 1. The van der Waals surface area contributed by atoms with E-state index in [0.717, 1.165) is 0 Å². The zero-order chi connectivity index (χ0) is 9.14. The van der Waals surface area contributed by atoms with Gasteiger partial charge in [-0.25, -0.2) is 0 Å². The van der Waals surface area contributed by atoms with Gasteiger partial charge in [0.15, 0.2) is 0 Å². The third-order valence-electron chi connectivity index (χ3n) is 1.23. The molecule has 12 heavy (non-hydrogen) atoms. The molecular formula is C6H5N3O3. The lowest BCUT2D eigenvalue weighted by Crippen LogP contribution is -2.13. The van der Waals surface area contributed by atoms with Gasteiger partial charge in [0, 0.05) is 0 Å². The van der Waals surface area contributed by atoms with Gasteiger partial charge in [0.25, 0.3) is 5.91 Å². The standard InChI is InChI=1S/C6H5N3O3/c7-5(10)4-2-1-3-8-6(4)9(11)12/h1-3H,(H2,7,10). The Kier molecular flexibility index (Phi) is 2.00. The van der Waals surface area contributed by atoms with Crippen molar-refractivity contribution in [2.45, 2.75) is 0 Å². The smallest absolute Gasteiger partial charge is 0.365 e. The maximum absolute atomic E-state index is 10.6. The van der Waals surface area contributed by atoms with E-state index in [1.807, 2.05) is 0 Å². The van der Waals surface area contributed by atoms with Gasteiger partial charge in [-0.1, -0.05) is 0 Å². The Morgan fingerprint density at radius 3 is 2.75 bits per heavy atom. The van der Waals surface area contributed by atoms with Crippen molar-refractivity contribution in [1.29, 1.82) is 0 Å². The van der Waals surface area contributed by atoms with E-state index in [-0.39, 0.29) is 5.56 Å². The molecule has 0 unspecified atom stereocenters. The van der Waals surface area contributed by atoms with Crippen LogP contribution in [0.15, 0.2) is 18.3 Å². The van der Waals surface area contributed by atoms with Gasteiger partial charge in [-0.05, 0) is 22.0 Å². The molecule has 1 aromatic heterocycles. The number of amides is 1. The quantitative estimate of drug-likeness (QED) is 0.498. The van der Waals surface area contributed by atoms with Gasteiger partial charge in [-0.3, -0.25) is 4.79 Å². The summed E-state index contributed by atoms with van der Waals surface area (Å²) in [5.74, 6) is -1.36. The van der Waals surface area contributed by atoms with Crippen LogP contribution < -0.4 is 5.73 Å². The maximum Gasteiger partial charge on any atom is 0.376 e. The first-order valence-corrected chi connectivity index (χ1v) is 3.02. The molecule has 1 rings (SSSR count). The average Bonchev–Trinajstić information content (AvgIpc) is 2.04. The van der Waals surface area contributed by atoms with E-state index in [1.54, 1.807) is 0 Å². The highest BCUT2D eigenvalue weighted by Gasteiger charge is 2.17. The normalized spacial score (nSPS) is 9.33. The molecule has 0 saturated heterocycles. The van der Waals surface area contributed by atoms with E-state index in [0.29, 0.717) is 0 Å². The van der Waals surface area contributed by atoms with Crippen LogP contribution in [-0.2, 0) is 0 Å². The van der Waals surface area contributed by atoms with E-state index < -0.39 is 16.6 Å². The van der Waals surface area contributed by atoms with Gasteiger partial charge >= 0.3 is 5.82 Å². The minimum atomic E-state index is -0.852. The fraction of sp³-hybridized carbons (Fsp3) is 0. The fourth-order valence-corrected chi connectivity index (χ4v) is 0.735. The second kappa shape index (κ2) is 2.95. The average molecular weight is 167 g/mol. The summed E-state index contributed by atoms with van der Waals surface area (Å²) in [5, 5.41) is 10.3. The van der Waals surface area contributed by atoms with E-state index in [9.17, 15) is 14.9 Å². The lowest BCUT2D eigenvalue weighted by Gasteiger charge is -1.95. The number of carbonyl (C=O) groups excluding carboxylic acids is 1. The first-order valence-electron chi connectivity index (χ1n) is 3.02. The van der Waals surface area contributed by atoms with Crippen molar-refractivity contribution >= 4 is 11.7 Å². The number of aromatic nitrogens is 1. The number of nitrogens with two attached hydrogens (primary N) is 1. The summed E-state index contributed by atoms with van der Waals surface area (Å²) in [6.45, 7) is 0. The molecule has 0 aliphatic rings. The predicted molar refractivity (Wildman–Crippen MR) is 39.4 cm³/mol. The summed E-state index contributed by atoms with van der Waals surface area (Å²) in [4.78, 5) is 23.5. The van der Waals surface area contributed by atoms with Gasteiger partial charge in [-0.2, -0.15) is 0 Å². The number of pyridine rings is 1. The highest BCUT2D eigenvalue weighted by molar-refractivity contribution is 5.95. The van der Waals surface area contributed by atoms with Crippen LogP contribution in [0.1, 0.15) is 10.4 Å². The Bertz CT molecular complexity index is 304. The topological polar surface area (TPSA) is 99.1 Å². The minimum absolute atomic E-state index is 0.178. The van der Waals surface area contributed by atoms with Crippen LogP contribution in [0.2, 0.25) is 0 Å². The summed E-state index contributed by atoms with van der Waals surface area (Å²) >= 11 is 0. The SMILES string of the molecule is NC(=O)c1cccnc1[N+](=O)[O-]. The molecule has 0 saturated carbocycles. The third-order valence-corrected chi connectivity index (χ3v) is 1.23. The Morgan fingerprint density at radius 2 is 2.33 bits per heavy atom. The first-order chi connectivity index (χ1) is 5.63. The molecule has 6 heteroatoms. The van der Waals surface area contributed by atoms with Gasteiger partial charge < -0.3 is 15.8 Å². The second-order valence-electron chi connectivity index (χ2n) is 2.00. The van der Waals surface area contributed by atoms with Crippen LogP contribution in [0, 0.1) is 10.1 Å². The molecular weight excluding hydrogens is 162 g/mol. The zero-order valence-electron chi connectivity index (χ0n) is 5.93. The van der Waals surface area contributed by atoms with Crippen molar-refractivity contribution in [3.05, 3.63) is 34.0 Å². The van der Waals surface area contributed by atoms with Gasteiger partial charge in [0.2, 0.25) is 0 Å². The Hall–Kier alpha value is -1.98. The molecule has 0 atom stereocenters. The lowest BCUT2D eigenvalue weighted by molar-refractivity contribution is -0.389. The highest BCUT2D eigenvalue weighted by atomic mass is 16.6. The molecule has 0 bridgehead atoms. The van der Waals surface area contributed by atoms with Crippen LogP contribution >= 0.6 is 0 Å². The zero-order valence-corrected chi connectivity index (χ0v) is 5.93. The molecule has 62 valence electrons. The number of hydrogen-bond acceptors (Lipinski definition) is 4. The summed E-state index contributed by atoms with van der Waals surface area (Å²) in [5.41, 5.74) is 4.69. The number of nitrogens with zero attached hydrogens (tertiary/aromatic N) is 2. The minimum Gasteiger partial charge on any atom is -0.365 e. The first kappa shape index (κ1) is 8.12. The molecule has 1 heterocycles. The summed E-state index contributed by atoms with van der Waals surface area (Å²) in [7, 11) is 0. The monoisotopic (exact) mass is 167 g/mol. The Balaban J connectivity index is 3.27. The molecule has 6 nitrogen and oxygen atoms in total. The molecule has 0 fully saturated rings. The number of rotatable bonds is 2. The molecule has 0 aromatic carbocycles. The van der Waals surface area contributed by atoms with Crippen molar-refractivity contribution in [2.75, 3.05) is 0 Å². The van der Waals surface area contributed by atoms with Crippen molar-refractivity contribution in [2.24, 2.45) is 5.73 Å². The second-order valence-corrected chi connectivity index (χ2v) is 2.00. The molecule has 0 spiro atoms. The van der Waals surface area contributed by atoms with E-state index in [2.05, 4.69) is 4.98 Å². The van der Waals surface area contributed by atoms with Crippen molar-refractivity contribution in [3.63, 3.8) is 0 Å². The molecule has 1 amide bonds. The fourth-order valence-electron chi connectivity index (χ4n) is 0.735. The Morgan fingerprint density at radius 1 is 1.67 bits per heavy atom. The molecule has 0 radical (unpaired) electrons. The van der Waals surface area contributed by atoms with Crippen LogP contribution in [0.4, 0.5) is 5.82 Å². The largest absolute Gasteiger partial charge is 0.376 e. The number of nitro groups is 1. The van der Waals surface area contributed by atoms with Gasteiger partial charge in [0.05, 0.1) is 0 Å². The Labute approximate surface area is 67.2 Å². The lowest BCUT2D eigenvalue weighted by atomic mass is 10.2. The molecule has 2 N–H and O–H groups in total. The van der Waals surface area contributed by atoms with E-state index in [1.165, 1.54) is 18.3 Å². The predicted octanol–water partition coefficient (Wildman–Crippen LogP) is 0.0887. The number of carbonyl (C=O) groups is 1. The third kappa shape index (κ3) is 1.36. The van der Waals surface area contributed by atoms with Crippen LogP contribution in [0.5, 0.6) is 0 Å².